The van der Waals surface area contributed by atoms with Crippen LogP contribution < -0.4 is 0 Å². The molecule has 0 fully saturated rings. The van der Waals surface area contributed by atoms with Gasteiger partial charge in [-0.15, -0.1) is 0 Å². The van der Waals surface area contributed by atoms with E-state index in [1.165, 1.54) is 6.92 Å². The van der Waals surface area contributed by atoms with Gasteiger partial charge in [-0.2, -0.15) is 0 Å². The molecule has 0 aliphatic carbocycles. The van der Waals surface area contributed by atoms with Crippen LogP contribution in [0.2, 0.25) is 0 Å². The van der Waals surface area contributed by atoms with E-state index in [2.05, 4.69) is 16.8 Å². The molecule has 0 aromatic rings. The topological polar surface area (TPSA) is 46.5 Å². The molecular weight excluding hydrogens is 120 g/mol. The van der Waals surface area contributed by atoms with Crippen LogP contribution in [0.4, 0.5) is 0 Å². The summed E-state index contributed by atoms with van der Waals surface area (Å²) in [6.07, 6.45) is 2.47. The van der Waals surface area contributed by atoms with Gasteiger partial charge in [0, 0.05) is 13.3 Å². The summed E-state index contributed by atoms with van der Waals surface area (Å²) in [5.41, 5.74) is 0. The van der Waals surface area contributed by atoms with Gasteiger partial charge in [-0.05, 0) is 0 Å². The first kappa shape index (κ1) is 7.99. The van der Waals surface area contributed by atoms with Crippen LogP contribution in [0.25, 0.3) is 0 Å². The first-order chi connectivity index (χ1) is 4.27. The van der Waals surface area contributed by atoms with Crippen molar-refractivity contribution in [3.63, 3.8) is 0 Å². The van der Waals surface area contributed by atoms with Gasteiger partial charge in [0.2, 0.25) is 0 Å². The molecule has 0 unspecified atom stereocenters. The van der Waals surface area contributed by atoms with Gasteiger partial charge in [0.05, 0.1) is 6.61 Å². The first-order valence-corrected chi connectivity index (χ1v) is 2.53. The van der Waals surface area contributed by atoms with E-state index >= 15 is 0 Å². The van der Waals surface area contributed by atoms with Crippen LogP contribution >= 0.6 is 0 Å². The fourth-order valence-electron chi connectivity index (χ4n) is 0.215. The van der Waals surface area contributed by atoms with Crippen LogP contribution in [0.5, 0.6) is 0 Å². The van der Waals surface area contributed by atoms with Gasteiger partial charge >= 0.3 is 5.97 Å². The van der Waals surface area contributed by atoms with Gasteiger partial charge in [0.15, 0.2) is 0 Å². The monoisotopic (exact) mass is 128 g/mol. The number of hydrogen-bond donors (Lipinski definition) is 1. The number of esters is 1. The minimum Gasteiger partial charge on any atom is -0.395 e. The maximum Gasteiger partial charge on any atom is 0.316 e. The number of carbonyl (C=O) groups excluding carboxylic acids is 1. The van der Waals surface area contributed by atoms with E-state index in [0.29, 0.717) is 6.42 Å². The second kappa shape index (κ2) is 5.13. The maximum atomic E-state index is 10.0. The molecule has 0 amide bonds. The molecule has 9 heavy (non-hydrogen) atoms. The summed E-state index contributed by atoms with van der Waals surface area (Å²) in [6, 6.07) is 0. The maximum absolute atomic E-state index is 10.0. The van der Waals surface area contributed by atoms with E-state index in [4.69, 9.17) is 5.11 Å². The second-order valence-electron chi connectivity index (χ2n) is 1.35. The predicted octanol–water partition coefficient (Wildman–Crippen LogP) is -0.107. The van der Waals surface area contributed by atoms with E-state index in [-0.39, 0.29) is 6.61 Å². The lowest BCUT2D eigenvalue weighted by atomic mass is 10.5. The van der Waals surface area contributed by atoms with Crippen LogP contribution in [-0.2, 0) is 9.53 Å². The summed E-state index contributed by atoms with van der Waals surface area (Å²) < 4.78 is 4.23. The van der Waals surface area contributed by atoms with Crippen molar-refractivity contribution in [3.8, 4) is 12.0 Å². The highest BCUT2D eigenvalue weighted by Crippen LogP contribution is 1.73. The molecule has 0 aromatic heterocycles. The molecule has 0 spiro atoms. The van der Waals surface area contributed by atoms with Gasteiger partial charge in [-0.3, -0.25) is 4.79 Å². The Morgan fingerprint density at radius 3 is 2.89 bits per heavy atom. The van der Waals surface area contributed by atoms with Crippen molar-refractivity contribution < 1.29 is 14.6 Å². The molecule has 0 rings (SSSR count). The molecule has 0 aliphatic heterocycles. The number of aliphatic hydroxyl groups is 1. The Bertz CT molecular complexity index is 140. The van der Waals surface area contributed by atoms with Crippen LogP contribution in [-0.4, -0.2) is 17.7 Å². The highest BCUT2D eigenvalue weighted by Gasteiger charge is 1.82. The van der Waals surface area contributed by atoms with Crippen molar-refractivity contribution >= 4 is 5.97 Å². The number of ether oxygens (including phenoxy) is 1. The molecule has 3 heteroatoms. The standard InChI is InChI=1S/C6H8O3/c1-6(8)9-5-3-2-4-7/h7H,2,4H2,1H3. The number of aliphatic hydroxyl groups excluding tert-OH is 1. The van der Waals surface area contributed by atoms with Crippen molar-refractivity contribution in [3.05, 3.63) is 0 Å². The van der Waals surface area contributed by atoms with Crippen LogP contribution in [0, 0.1) is 12.0 Å². The third-order valence-electron chi connectivity index (χ3n) is 0.504. The SMILES string of the molecule is CC(=O)OC#CCCO. The number of rotatable bonds is 1. The molecule has 0 saturated heterocycles. The predicted molar refractivity (Wildman–Crippen MR) is 31.2 cm³/mol. The Hall–Kier alpha value is -1.01. The molecule has 0 radical (unpaired) electrons. The fourth-order valence-corrected chi connectivity index (χ4v) is 0.215. The van der Waals surface area contributed by atoms with Gasteiger partial charge in [0.1, 0.15) is 6.11 Å². The van der Waals surface area contributed by atoms with Crippen LogP contribution in [0.1, 0.15) is 13.3 Å². The van der Waals surface area contributed by atoms with E-state index in [1.807, 2.05) is 0 Å². The number of hydrogen-bond acceptors (Lipinski definition) is 3. The smallest absolute Gasteiger partial charge is 0.316 e. The Balaban J connectivity index is 3.26. The molecule has 50 valence electrons. The largest absolute Gasteiger partial charge is 0.395 e. The lowest BCUT2D eigenvalue weighted by Gasteiger charge is -1.82. The summed E-state index contributed by atoms with van der Waals surface area (Å²) in [4.78, 5) is 10.0. The average molecular weight is 128 g/mol. The normalized spacial score (nSPS) is 7.33. The minimum absolute atomic E-state index is 0.00569. The van der Waals surface area contributed by atoms with Crippen LogP contribution in [0.15, 0.2) is 0 Å². The molecule has 3 nitrogen and oxygen atoms in total. The van der Waals surface area contributed by atoms with Crippen molar-refractivity contribution in [1.82, 2.24) is 0 Å². The summed E-state index contributed by atoms with van der Waals surface area (Å²) in [5.74, 6) is 1.99. The van der Waals surface area contributed by atoms with Gasteiger partial charge in [-0.1, -0.05) is 5.92 Å². The van der Waals surface area contributed by atoms with Crippen molar-refractivity contribution in [1.29, 1.82) is 0 Å². The average Bonchev–Trinajstić information content (AvgIpc) is 1.80. The Morgan fingerprint density at radius 1 is 1.78 bits per heavy atom. The van der Waals surface area contributed by atoms with E-state index in [9.17, 15) is 4.79 Å². The zero-order valence-electron chi connectivity index (χ0n) is 5.18. The van der Waals surface area contributed by atoms with Crippen molar-refractivity contribution in [2.24, 2.45) is 0 Å². The highest BCUT2D eigenvalue weighted by atomic mass is 16.5. The molecule has 0 atom stereocenters. The Labute approximate surface area is 53.6 Å². The third-order valence-corrected chi connectivity index (χ3v) is 0.504. The Kier molecular flexibility index (Phi) is 4.56. The summed E-state index contributed by atoms with van der Waals surface area (Å²) in [6.45, 7) is 1.27. The Morgan fingerprint density at radius 2 is 2.44 bits per heavy atom. The summed E-state index contributed by atoms with van der Waals surface area (Å²) in [7, 11) is 0. The third kappa shape index (κ3) is 6.99. The van der Waals surface area contributed by atoms with Gasteiger partial charge in [0.25, 0.3) is 0 Å². The van der Waals surface area contributed by atoms with Crippen molar-refractivity contribution in [2.45, 2.75) is 13.3 Å². The van der Waals surface area contributed by atoms with Gasteiger partial charge < -0.3 is 9.84 Å². The lowest BCUT2D eigenvalue weighted by molar-refractivity contribution is -0.134. The van der Waals surface area contributed by atoms with Crippen LogP contribution in [0.3, 0.4) is 0 Å². The molecule has 0 aromatic carbocycles. The zero-order chi connectivity index (χ0) is 7.11. The van der Waals surface area contributed by atoms with Crippen molar-refractivity contribution in [2.75, 3.05) is 6.61 Å². The second-order valence-corrected chi connectivity index (χ2v) is 1.35. The quantitative estimate of drug-likeness (QED) is 0.396. The highest BCUT2D eigenvalue weighted by molar-refractivity contribution is 5.67. The summed E-state index contributed by atoms with van der Waals surface area (Å²) >= 11 is 0. The van der Waals surface area contributed by atoms with Gasteiger partial charge in [-0.25, -0.2) is 0 Å². The fraction of sp³-hybridized carbons (Fsp3) is 0.500. The minimum atomic E-state index is -0.430. The molecule has 0 heterocycles. The molecule has 0 bridgehead atoms. The molecule has 0 saturated carbocycles. The van der Waals surface area contributed by atoms with E-state index in [1.54, 1.807) is 0 Å². The van der Waals surface area contributed by atoms with E-state index in [0.717, 1.165) is 0 Å². The first-order valence-electron chi connectivity index (χ1n) is 2.53. The molecule has 0 aliphatic rings. The van der Waals surface area contributed by atoms with E-state index < -0.39 is 5.97 Å². The molecular formula is C6H8O3. The number of carbonyl (C=O) groups is 1. The molecule has 1 N–H and O–H groups in total. The summed E-state index contributed by atoms with van der Waals surface area (Å²) in [5, 5.41) is 8.19. The zero-order valence-corrected chi connectivity index (χ0v) is 5.18. The lowest BCUT2D eigenvalue weighted by Crippen LogP contribution is -1.90.